The van der Waals surface area contributed by atoms with Crippen molar-refractivity contribution >= 4 is 0 Å². The highest BCUT2D eigenvalue weighted by Gasteiger charge is 2.32. The fourth-order valence-electron chi connectivity index (χ4n) is 1.25. The Hall–Kier alpha value is -1.13. The van der Waals surface area contributed by atoms with Crippen LogP contribution in [0.5, 0.6) is 0 Å². The van der Waals surface area contributed by atoms with Gasteiger partial charge in [-0.1, -0.05) is 20.8 Å². The second kappa shape index (κ2) is 4.03. The molecule has 1 aromatic heterocycles. The second-order valence-electron chi connectivity index (χ2n) is 4.89. The topological polar surface area (TPSA) is 12.9 Å². The van der Waals surface area contributed by atoms with Crippen LogP contribution in [0.3, 0.4) is 0 Å². The quantitative estimate of drug-likeness (QED) is 0.674. The van der Waals surface area contributed by atoms with Gasteiger partial charge in [0, 0.05) is 6.20 Å². The molecule has 0 saturated carbocycles. The van der Waals surface area contributed by atoms with Crippen LogP contribution in [0.4, 0.5) is 17.6 Å². The van der Waals surface area contributed by atoms with E-state index in [1.807, 2.05) is 20.8 Å². The standard InChI is InChI=1S/C11H13F4N/c1-10(2,3)5-9-8(12)4-7(6-16-9)11(13,14)15/h4,6H,5H2,1-3H3. The number of aromatic nitrogens is 1. The molecule has 0 radical (unpaired) electrons. The van der Waals surface area contributed by atoms with Crippen LogP contribution in [0.15, 0.2) is 12.3 Å². The van der Waals surface area contributed by atoms with Gasteiger partial charge in [0.05, 0.1) is 11.3 Å². The Labute approximate surface area is 91.5 Å². The lowest BCUT2D eigenvalue weighted by Crippen LogP contribution is -2.14. The molecule has 1 heterocycles. The van der Waals surface area contributed by atoms with Gasteiger partial charge in [-0.3, -0.25) is 4.98 Å². The molecule has 0 saturated heterocycles. The average molecular weight is 235 g/mol. The van der Waals surface area contributed by atoms with Crippen molar-refractivity contribution in [3.05, 3.63) is 29.3 Å². The predicted molar refractivity (Wildman–Crippen MR) is 52.4 cm³/mol. The molecular formula is C11H13F4N. The van der Waals surface area contributed by atoms with Gasteiger partial charge in [0.2, 0.25) is 0 Å². The highest BCUT2D eigenvalue weighted by Crippen LogP contribution is 2.30. The maximum atomic E-state index is 13.3. The number of rotatable bonds is 1. The zero-order chi connectivity index (χ0) is 12.6. The zero-order valence-corrected chi connectivity index (χ0v) is 9.32. The lowest BCUT2D eigenvalue weighted by atomic mass is 9.90. The number of hydrogen-bond acceptors (Lipinski definition) is 1. The monoisotopic (exact) mass is 235 g/mol. The summed E-state index contributed by atoms with van der Waals surface area (Å²) in [6, 6.07) is 0.494. The summed E-state index contributed by atoms with van der Waals surface area (Å²) in [4.78, 5) is 3.54. The number of halogens is 4. The Morgan fingerprint density at radius 1 is 1.19 bits per heavy atom. The fraction of sp³-hybridized carbons (Fsp3) is 0.545. The van der Waals surface area contributed by atoms with Gasteiger partial charge in [-0.2, -0.15) is 13.2 Å². The smallest absolute Gasteiger partial charge is 0.258 e. The maximum absolute atomic E-state index is 13.3. The first-order chi connectivity index (χ1) is 7.09. The van der Waals surface area contributed by atoms with Crippen LogP contribution in [0.1, 0.15) is 32.0 Å². The van der Waals surface area contributed by atoms with E-state index in [0.717, 1.165) is 0 Å². The normalized spacial score (nSPS) is 12.9. The molecule has 0 spiro atoms. The molecule has 0 bridgehead atoms. The Morgan fingerprint density at radius 3 is 2.12 bits per heavy atom. The molecule has 0 fully saturated rings. The van der Waals surface area contributed by atoms with Crippen molar-refractivity contribution < 1.29 is 17.6 Å². The molecule has 0 aliphatic carbocycles. The summed E-state index contributed by atoms with van der Waals surface area (Å²) < 4.78 is 50.0. The minimum atomic E-state index is -4.55. The molecule has 0 aliphatic heterocycles. The molecule has 1 rings (SSSR count). The molecule has 5 heteroatoms. The number of pyridine rings is 1. The first-order valence-electron chi connectivity index (χ1n) is 4.81. The summed E-state index contributed by atoms with van der Waals surface area (Å²) in [5.74, 6) is -0.898. The molecular weight excluding hydrogens is 222 g/mol. The van der Waals surface area contributed by atoms with Gasteiger partial charge in [-0.05, 0) is 17.9 Å². The summed E-state index contributed by atoms with van der Waals surface area (Å²) in [6.45, 7) is 5.60. The molecule has 0 aliphatic rings. The van der Waals surface area contributed by atoms with Gasteiger partial charge in [-0.25, -0.2) is 4.39 Å². The molecule has 0 atom stereocenters. The van der Waals surface area contributed by atoms with Gasteiger partial charge >= 0.3 is 6.18 Å². The number of hydrogen-bond donors (Lipinski definition) is 0. The number of alkyl halides is 3. The van der Waals surface area contributed by atoms with Crippen LogP contribution in [-0.4, -0.2) is 4.98 Å². The van der Waals surface area contributed by atoms with Gasteiger partial charge in [0.1, 0.15) is 5.82 Å². The van der Waals surface area contributed by atoms with Gasteiger partial charge in [-0.15, -0.1) is 0 Å². The first-order valence-corrected chi connectivity index (χ1v) is 4.81. The van der Waals surface area contributed by atoms with Gasteiger partial charge < -0.3 is 0 Å². The van der Waals surface area contributed by atoms with Gasteiger partial charge in [0.25, 0.3) is 0 Å². The molecule has 0 unspecified atom stereocenters. The van der Waals surface area contributed by atoms with E-state index >= 15 is 0 Å². The van der Waals surface area contributed by atoms with Crippen LogP contribution in [0, 0.1) is 11.2 Å². The molecule has 0 aromatic carbocycles. The third-order valence-corrected chi connectivity index (χ3v) is 1.94. The van der Waals surface area contributed by atoms with Crippen LogP contribution in [0.2, 0.25) is 0 Å². The third-order valence-electron chi connectivity index (χ3n) is 1.94. The molecule has 16 heavy (non-hydrogen) atoms. The van der Waals surface area contributed by atoms with E-state index < -0.39 is 17.6 Å². The van der Waals surface area contributed by atoms with Crippen LogP contribution in [0.25, 0.3) is 0 Å². The molecule has 0 amide bonds. The lowest BCUT2D eigenvalue weighted by Gasteiger charge is -2.18. The van der Waals surface area contributed by atoms with Gasteiger partial charge in [0.15, 0.2) is 0 Å². The van der Waals surface area contributed by atoms with E-state index in [1.54, 1.807) is 0 Å². The molecule has 1 aromatic rings. The summed E-state index contributed by atoms with van der Waals surface area (Å²) in [7, 11) is 0. The summed E-state index contributed by atoms with van der Waals surface area (Å²) in [5.41, 5.74) is -1.20. The van der Waals surface area contributed by atoms with E-state index in [4.69, 9.17) is 0 Å². The van der Waals surface area contributed by atoms with Crippen molar-refractivity contribution in [3.63, 3.8) is 0 Å². The van der Waals surface area contributed by atoms with E-state index in [9.17, 15) is 17.6 Å². The van der Waals surface area contributed by atoms with Crippen LogP contribution >= 0.6 is 0 Å². The Balaban J connectivity index is 3.01. The minimum Gasteiger partial charge on any atom is -0.258 e. The highest BCUT2D eigenvalue weighted by molar-refractivity contribution is 5.19. The minimum absolute atomic E-state index is 0.0699. The predicted octanol–water partition coefficient (Wildman–Crippen LogP) is 3.83. The summed E-state index contributed by atoms with van der Waals surface area (Å²) in [6.07, 6.45) is -3.57. The Morgan fingerprint density at radius 2 is 1.75 bits per heavy atom. The van der Waals surface area contributed by atoms with E-state index in [2.05, 4.69) is 4.98 Å². The number of nitrogens with zero attached hydrogens (tertiary/aromatic N) is 1. The average Bonchev–Trinajstić information content (AvgIpc) is 2.04. The summed E-state index contributed by atoms with van der Waals surface area (Å²) in [5, 5.41) is 0. The van der Waals surface area contributed by atoms with E-state index in [0.29, 0.717) is 18.7 Å². The van der Waals surface area contributed by atoms with Crippen molar-refractivity contribution in [2.24, 2.45) is 5.41 Å². The van der Waals surface area contributed by atoms with Crippen molar-refractivity contribution in [3.8, 4) is 0 Å². The van der Waals surface area contributed by atoms with E-state index in [1.165, 1.54) is 0 Å². The first kappa shape index (κ1) is 12.9. The van der Waals surface area contributed by atoms with Crippen molar-refractivity contribution in [2.45, 2.75) is 33.4 Å². The molecule has 1 nitrogen and oxygen atoms in total. The Kier molecular flexibility index (Phi) is 3.26. The lowest BCUT2D eigenvalue weighted by molar-refractivity contribution is -0.138. The van der Waals surface area contributed by atoms with Crippen LogP contribution < -0.4 is 0 Å². The van der Waals surface area contributed by atoms with Crippen molar-refractivity contribution in [1.29, 1.82) is 0 Å². The fourth-order valence-corrected chi connectivity index (χ4v) is 1.25. The van der Waals surface area contributed by atoms with Crippen molar-refractivity contribution in [2.75, 3.05) is 0 Å². The third kappa shape index (κ3) is 3.47. The Bertz CT molecular complexity index is 377. The maximum Gasteiger partial charge on any atom is 0.417 e. The SMILES string of the molecule is CC(C)(C)Cc1ncc(C(F)(F)F)cc1F. The zero-order valence-electron chi connectivity index (χ0n) is 9.32. The van der Waals surface area contributed by atoms with Crippen molar-refractivity contribution in [1.82, 2.24) is 4.98 Å². The second-order valence-corrected chi connectivity index (χ2v) is 4.89. The largest absolute Gasteiger partial charge is 0.417 e. The van der Waals surface area contributed by atoms with Crippen LogP contribution in [-0.2, 0) is 12.6 Å². The molecule has 0 N–H and O–H groups in total. The molecule has 90 valence electrons. The van der Waals surface area contributed by atoms with E-state index in [-0.39, 0.29) is 11.1 Å². The highest BCUT2D eigenvalue weighted by atomic mass is 19.4. The summed E-state index contributed by atoms with van der Waals surface area (Å²) >= 11 is 0.